The maximum atomic E-state index is 14.0. The smallest absolute Gasteiger partial charge is 0.243 e. The van der Waals surface area contributed by atoms with Crippen LogP contribution in [0.3, 0.4) is 0 Å². The molecule has 0 aromatic heterocycles. The van der Waals surface area contributed by atoms with Crippen molar-refractivity contribution in [1.82, 2.24) is 10.2 Å². The number of halogens is 3. The van der Waals surface area contributed by atoms with Crippen molar-refractivity contribution in [3.63, 3.8) is 0 Å². The lowest BCUT2D eigenvalue weighted by Crippen LogP contribution is -2.50. The van der Waals surface area contributed by atoms with E-state index in [1.54, 1.807) is 48.2 Å². The molecule has 0 fully saturated rings. The predicted octanol–water partition coefficient (Wildman–Crippen LogP) is 7.06. The summed E-state index contributed by atoms with van der Waals surface area (Å²) < 4.78 is 26.8. The van der Waals surface area contributed by atoms with Crippen LogP contribution >= 0.6 is 34.8 Å². The number of amides is 2. The van der Waals surface area contributed by atoms with Crippen molar-refractivity contribution in [2.45, 2.75) is 58.5 Å². The Morgan fingerprint density at radius 2 is 1.60 bits per heavy atom. The number of benzene rings is 3. The SMILES string of the molecule is CCCCNC(=O)C(Cc1ccccc1)N(Cc1ccc(Cl)cc1Cl)C(=O)CCCN(c1cc(Cl)ccc1C)S(C)(=O)=O. The summed E-state index contributed by atoms with van der Waals surface area (Å²) >= 11 is 18.8. The van der Waals surface area contributed by atoms with E-state index in [0.717, 1.165) is 30.2 Å². The third-order valence-electron chi connectivity index (χ3n) is 7.05. The zero-order valence-electron chi connectivity index (χ0n) is 24.7. The van der Waals surface area contributed by atoms with Gasteiger partial charge in [0.25, 0.3) is 0 Å². The summed E-state index contributed by atoms with van der Waals surface area (Å²) in [5, 5.41) is 4.24. The van der Waals surface area contributed by atoms with E-state index in [-0.39, 0.29) is 37.7 Å². The zero-order chi connectivity index (χ0) is 31.6. The van der Waals surface area contributed by atoms with Crippen molar-refractivity contribution in [3.05, 3.63) is 98.5 Å². The second-order valence-electron chi connectivity index (χ2n) is 10.5. The van der Waals surface area contributed by atoms with Gasteiger partial charge < -0.3 is 10.2 Å². The summed E-state index contributed by atoms with van der Waals surface area (Å²) in [4.78, 5) is 29.1. The van der Waals surface area contributed by atoms with E-state index in [9.17, 15) is 18.0 Å². The van der Waals surface area contributed by atoms with Gasteiger partial charge in [0.15, 0.2) is 0 Å². The van der Waals surface area contributed by atoms with Crippen LogP contribution in [0.15, 0.2) is 66.7 Å². The number of hydrogen-bond donors (Lipinski definition) is 1. The highest BCUT2D eigenvalue weighted by Crippen LogP contribution is 2.28. The normalized spacial score (nSPS) is 12.0. The Labute approximate surface area is 270 Å². The monoisotopic (exact) mass is 665 g/mol. The molecule has 0 aliphatic heterocycles. The largest absolute Gasteiger partial charge is 0.354 e. The average molecular weight is 667 g/mol. The van der Waals surface area contributed by atoms with Crippen LogP contribution in [-0.4, -0.2) is 50.5 Å². The Kier molecular flexibility index (Phi) is 13.2. The molecule has 0 saturated carbocycles. The molecule has 11 heteroatoms. The fourth-order valence-electron chi connectivity index (χ4n) is 4.73. The first-order valence-corrected chi connectivity index (χ1v) is 17.2. The molecule has 3 rings (SSSR count). The molecule has 0 aliphatic carbocycles. The molecule has 1 N–H and O–H groups in total. The molecule has 0 radical (unpaired) electrons. The van der Waals surface area contributed by atoms with Gasteiger partial charge in [0.1, 0.15) is 6.04 Å². The minimum atomic E-state index is -3.66. The lowest BCUT2D eigenvalue weighted by Gasteiger charge is -2.32. The number of sulfonamides is 1. The van der Waals surface area contributed by atoms with Gasteiger partial charge in [-0.1, -0.05) is 90.6 Å². The maximum absolute atomic E-state index is 14.0. The van der Waals surface area contributed by atoms with Gasteiger partial charge >= 0.3 is 0 Å². The second-order valence-corrected chi connectivity index (χ2v) is 13.7. The van der Waals surface area contributed by atoms with Crippen LogP contribution in [0.2, 0.25) is 15.1 Å². The molecular weight excluding hydrogens is 629 g/mol. The highest BCUT2D eigenvalue weighted by Gasteiger charge is 2.31. The van der Waals surface area contributed by atoms with Crippen molar-refractivity contribution in [3.8, 4) is 0 Å². The van der Waals surface area contributed by atoms with Gasteiger partial charge in [-0.05, 0) is 60.7 Å². The van der Waals surface area contributed by atoms with Crippen molar-refractivity contribution in [2.75, 3.05) is 23.7 Å². The molecule has 3 aromatic rings. The van der Waals surface area contributed by atoms with E-state index in [4.69, 9.17) is 34.8 Å². The van der Waals surface area contributed by atoms with Gasteiger partial charge in [-0.15, -0.1) is 0 Å². The number of hydrogen-bond acceptors (Lipinski definition) is 4. The summed E-state index contributed by atoms with van der Waals surface area (Å²) in [7, 11) is -3.66. The topological polar surface area (TPSA) is 86.8 Å². The summed E-state index contributed by atoms with van der Waals surface area (Å²) in [6, 6.07) is 18.8. The predicted molar refractivity (Wildman–Crippen MR) is 176 cm³/mol. The Hall–Kier alpha value is -2.78. The first-order valence-electron chi connectivity index (χ1n) is 14.2. The molecular formula is C32H38Cl3N3O4S. The highest BCUT2D eigenvalue weighted by atomic mass is 35.5. The summed E-state index contributed by atoms with van der Waals surface area (Å²) in [6.45, 7) is 4.48. The minimum absolute atomic E-state index is 0.00434. The van der Waals surface area contributed by atoms with Crippen molar-refractivity contribution < 1.29 is 18.0 Å². The molecule has 0 bridgehead atoms. The number of carbonyl (C=O) groups is 2. The molecule has 7 nitrogen and oxygen atoms in total. The van der Waals surface area contributed by atoms with Gasteiger partial charge in [0.2, 0.25) is 21.8 Å². The quantitative estimate of drug-likeness (QED) is 0.176. The molecule has 0 heterocycles. The molecule has 1 unspecified atom stereocenters. The molecule has 0 aliphatic rings. The van der Waals surface area contributed by atoms with Crippen molar-refractivity contribution in [2.24, 2.45) is 0 Å². The average Bonchev–Trinajstić information content (AvgIpc) is 2.95. The Balaban J connectivity index is 1.92. The van der Waals surface area contributed by atoms with Gasteiger partial charge in [-0.25, -0.2) is 8.42 Å². The number of carbonyl (C=O) groups excluding carboxylic acids is 2. The standard InChI is InChI=1S/C32H38Cl3N3O4S/c1-4-5-17-36-32(40)30(19-24-10-7-6-8-11-24)37(22-25-14-16-26(33)20-28(25)35)31(39)12-9-18-38(43(3,41)42)29-21-27(34)15-13-23(29)2/h6-8,10-11,13-16,20-21,30H,4-5,9,12,17-19,22H2,1-3H3,(H,36,40). The molecule has 1 atom stereocenters. The van der Waals surface area contributed by atoms with Crippen molar-refractivity contribution in [1.29, 1.82) is 0 Å². The van der Waals surface area contributed by atoms with Crippen LogP contribution in [0.25, 0.3) is 0 Å². The number of rotatable bonds is 15. The lowest BCUT2D eigenvalue weighted by molar-refractivity contribution is -0.141. The summed E-state index contributed by atoms with van der Waals surface area (Å²) in [5.74, 6) is -0.558. The summed E-state index contributed by atoms with van der Waals surface area (Å²) in [6.07, 6.45) is 3.37. The molecule has 2 amide bonds. The lowest BCUT2D eigenvalue weighted by atomic mass is 10.0. The van der Waals surface area contributed by atoms with E-state index in [1.165, 1.54) is 4.31 Å². The third kappa shape index (κ3) is 10.4. The Bertz CT molecular complexity index is 1500. The van der Waals surface area contributed by atoms with Crippen LogP contribution < -0.4 is 9.62 Å². The molecule has 43 heavy (non-hydrogen) atoms. The number of unbranched alkanes of at least 4 members (excludes halogenated alkanes) is 1. The van der Waals surface area contributed by atoms with E-state index >= 15 is 0 Å². The van der Waals surface area contributed by atoms with Gasteiger partial charge in [-0.3, -0.25) is 13.9 Å². The zero-order valence-corrected chi connectivity index (χ0v) is 27.7. The molecule has 0 saturated heterocycles. The number of nitrogens with zero attached hydrogens (tertiary/aromatic N) is 2. The van der Waals surface area contributed by atoms with Gasteiger partial charge in [-0.2, -0.15) is 0 Å². The van der Waals surface area contributed by atoms with E-state index in [0.29, 0.717) is 39.3 Å². The fraction of sp³-hybridized carbons (Fsp3) is 0.375. The number of anilines is 1. The highest BCUT2D eigenvalue weighted by molar-refractivity contribution is 7.92. The first kappa shape index (κ1) is 34.7. The van der Waals surface area contributed by atoms with Gasteiger partial charge in [0, 0.05) is 47.5 Å². The molecule has 232 valence electrons. The Morgan fingerprint density at radius 1 is 0.930 bits per heavy atom. The number of aryl methyl sites for hydroxylation is 1. The second kappa shape index (κ2) is 16.3. The van der Waals surface area contributed by atoms with E-state index in [1.807, 2.05) is 37.3 Å². The van der Waals surface area contributed by atoms with E-state index in [2.05, 4.69) is 5.32 Å². The van der Waals surface area contributed by atoms with Gasteiger partial charge in [0.05, 0.1) is 11.9 Å². The van der Waals surface area contributed by atoms with E-state index < -0.39 is 16.1 Å². The Morgan fingerprint density at radius 3 is 2.26 bits per heavy atom. The van der Waals surface area contributed by atoms with Crippen LogP contribution in [0.4, 0.5) is 5.69 Å². The number of nitrogens with one attached hydrogen (secondary N) is 1. The third-order valence-corrected chi connectivity index (χ3v) is 9.05. The maximum Gasteiger partial charge on any atom is 0.243 e. The molecule has 3 aromatic carbocycles. The van der Waals surface area contributed by atoms with Crippen molar-refractivity contribution >= 4 is 62.3 Å². The van der Waals surface area contributed by atoms with Crippen LogP contribution in [0.1, 0.15) is 49.3 Å². The molecule has 0 spiro atoms. The first-order chi connectivity index (χ1) is 20.4. The summed E-state index contributed by atoms with van der Waals surface area (Å²) in [5.41, 5.74) is 2.75. The fourth-order valence-corrected chi connectivity index (χ4v) is 6.38. The van der Waals surface area contributed by atoms with Crippen LogP contribution in [0.5, 0.6) is 0 Å². The van der Waals surface area contributed by atoms with Crippen LogP contribution in [0, 0.1) is 6.92 Å². The van der Waals surface area contributed by atoms with Crippen LogP contribution in [-0.2, 0) is 32.6 Å². The minimum Gasteiger partial charge on any atom is -0.354 e.